The van der Waals surface area contributed by atoms with Crippen LogP contribution in [0.4, 0.5) is 0 Å². The van der Waals surface area contributed by atoms with Crippen molar-refractivity contribution < 1.29 is 0 Å². The van der Waals surface area contributed by atoms with Crippen molar-refractivity contribution in [3.05, 3.63) is 0 Å². The lowest BCUT2D eigenvalue weighted by molar-refractivity contribution is 0.384. The van der Waals surface area contributed by atoms with Crippen molar-refractivity contribution in [1.29, 1.82) is 0 Å². The lowest BCUT2D eigenvalue weighted by Crippen LogP contribution is -2.46. The third-order valence-corrected chi connectivity index (χ3v) is 5.01. The summed E-state index contributed by atoms with van der Waals surface area (Å²) in [5.74, 6) is 2.53. The Bertz CT molecular complexity index is 221. The van der Waals surface area contributed by atoms with Crippen molar-refractivity contribution in [3.63, 3.8) is 0 Å². The molecule has 0 spiro atoms. The van der Waals surface area contributed by atoms with Gasteiger partial charge in [-0.2, -0.15) is 11.8 Å². The van der Waals surface area contributed by atoms with E-state index in [1.54, 1.807) is 0 Å². The highest BCUT2D eigenvalue weighted by Crippen LogP contribution is 2.22. The second-order valence-electron chi connectivity index (χ2n) is 4.56. The van der Waals surface area contributed by atoms with Gasteiger partial charge in [0.05, 0.1) is 0 Å². The molecule has 0 aromatic rings. The first-order valence-corrected chi connectivity index (χ1v) is 7.45. The van der Waals surface area contributed by atoms with Gasteiger partial charge in [-0.1, -0.05) is 12.8 Å². The van der Waals surface area contributed by atoms with Crippen molar-refractivity contribution in [2.75, 3.05) is 18.6 Å². The molecule has 0 amide bonds. The molecule has 15 heavy (non-hydrogen) atoms. The fourth-order valence-corrected chi connectivity index (χ4v) is 3.92. The molecule has 4 heteroatoms. The molecular formula is C11H20N2S2. The molecule has 2 rings (SSSR count). The van der Waals surface area contributed by atoms with Gasteiger partial charge in [0.1, 0.15) is 0 Å². The molecule has 1 N–H and O–H groups in total. The molecular weight excluding hydrogens is 224 g/mol. The molecule has 86 valence electrons. The van der Waals surface area contributed by atoms with Crippen LogP contribution in [-0.4, -0.2) is 40.6 Å². The van der Waals surface area contributed by atoms with Crippen LogP contribution in [-0.2, 0) is 0 Å². The predicted octanol–water partition coefficient (Wildman–Crippen LogP) is 2.24. The average molecular weight is 244 g/mol. The van der Waals surface area contributed by atoms with E-state index in [-0.39, 0.29) is 0 Å². The zero-order valence-electron chi connectivity index (χ0n) is 9.37. The minimum Gasteiger partial charge on any atom is -0.360 e. The summed E-state index contributed by atoms with van der Waals surface area (Å²) in [6.45, 7) is 0. The van der Waals surface area contributed by atoms with Gasteiger partial charge in [-0.25, -0.2) is 0 Å². The third kappa shape index (κ3) is 3.00. The standard InChI is InChI=1S/C11H20N2S2/c1-13(10-6-7-15-8-10)11(14)12-9-4-2-3-5-9/h9-10H,2-8H2,1H3,(H,12,14). The second-order valence-corrected chi connectivity index (χ2v) is 6.10. The Morgan fingerprint density at radius 3 is 2.67 bits per heavy atom. The number of thioether (sulfide) groups is 1. The maximum absolute atomic E-state index is 5.46. The first kappa shape index (κ1) is 11.5. The van der Waals surface area contributed by atoms with Gasteiger partial charge in [0, 0.05) is 24.9 Å². The highest BCUT2D eigenvalue weighted by atomic mass is 32.2. The first-order valence-electron chi connectivity index (χ1n) is 5.88. The monoisotopic (exact) mass is 244 g/mol. The Hall–Kier alpha value is 0.0400. The Morgan fingerprint density at radius 1 is 1.33 bits per heavy atom. The van der Waals surface area contributed by atoms with E-state index in [0.717, 1.165) is 5.11 Å². The summed E-state index contributed by atoms with van der Waals surface area (Å²) in [4.78, 5) is 2.27. The molecule has 2 aliphatic rings. The lowest BCUT2D eigenvalue weighted by atomic mass is 10.2. The molecule has 1 atom stereocenters. The van der Waals surface area contributed by atoms with Crippen molar-refractivity contribution >= 4 is 29.1 Å². The van der Waals surface area contributed by atoms with Gasteiger partial charge in [0.2, 0.25) is 0 Å². The fourth-order valence-electron chi connectivity index (χ4n) is 2.34. The minimum absolute atomic E-state index is 0.647. The summed E-state index contributed by atoms with van der Waals surface area (Å²) < 4.78 is 0. The van der Waals surface area contributed by atoms with Crippen LogP contribution in [0, 0.1) is 0 Å². The van der Waals surface area contributed by atoms with Crippen LogP contribution in [0.5, 0.6) is 0 Å². The Balaban J connectivity index is 1.78. The normalized spacial score (nSPS) is 26.9. The smallest absolute Gasteiger partial charge is 0.169 e. The molecule has 0 radical (unpaired) electrons. The van der Waals surface area contributed by atoms with Crippen molar-refractivity contribution in [1.82, 2.24) is 10.2 Å². The summed E-state index contributed by atoms with van der Waals surface area (Å²) in [6.07, 6.45) is 6.61. The average Bonchev–Trinajstić information content (AvgIpc) is 2.88. The van der Waals surface area contributed by atoms with Gasteiger partial charge in [0.15, 0.2) is 5.11 Å². The van der Waals surface area contributed by atoms with E-state index in [1.807, 2.05) is 11.8 Å². The van der Waals surface area contributed by atoms with Crippen LogP contribution in [0.2, 0.25) is 0 Å². The maximum Gasteiger partial charge on any atom is 0.169 e. The molecule has 2 fully saturated rings. The van der Waals surface area contributed by atoms with E-state index in [2.05, 4.69) is 17.3 Å². The molecule has 0 aromatic carbocycles. The van der Waals surface area contributed by atoms with Crippen molar-refractivity contribution in [3.8, 4) is 0 Å². The Kier molecular flexibility index (Phi) is 4.14. The lowest BCUT2D eigenvalue weighted by Gasteiger charge is -2.28. The number of nitrogens with one attached hydrogen (secondary N) is 1. The Morgan fingerprint density at radius 2 is 2.07 bits per heavy atom. The van der Waals surface area contributed by atoms with Crippen LogP contribution in [0.3, 0.4) is 0 Å². The molecule has 1 saturated carbocycles. The van der Waals surface area contributed by atoms with Crippen LogP contribution in [0.1, 0.15) is 32.1 Å². The van der Waals surface area contributed by atoms with E-state index >= 15 is 0 Å². The van der Waals surface area contributed by atoms with Crippen molar-refractivity contribution in [2.24, 2.45) is 0 Å². The molecule has 0 aromatic heterocycles. The van der Waals surface area contributed by atoms with E-state index in [4.69, 9.17) is 12.2 Å². The van der Waals surface area contributed by atoms with E-state index in [0.29, 0.717) is 12.1 Å². The molecule has 2 nitrogen and oxygen atoms in total. The SMILES string of the molecule is CN(C(=S)NC1CCCC1)C1CCSC1. The van der Waals surface area contributed by atoms with Crippen LogP contribution in [0.15, 0.2) is 0 Å². The van der Waals surface area contributed by atoms with Gasteiger partial charge in [0.25, 0.3) is 0 Å². The maximum atomic E-state index is 5.46. The molecule has 0 bridgehead atoms. The summed E-state index contributed by atoms with van der Waals surface area (Å²) in [5.41, 5.74) is 0. The molecule has 1 aliphatic heterocycles. The topological polar surface area (TPSA) is 15.3 Å². The van der Waals surface area contributed by atoms with E-state index in [9.17, 15) is 0 Å². The molecule has 1 saturated heterocycles. The number of rotatable bonds is 2. The molecule has 1 unspecified atom stereocenters. The van der Waals surface area contributed by atoms with Gasteiger partial charge >= 0.3 is 0 Å². The number of hydrogen-bond acceptors (Lipinski definition) is 2. The van der Waals surface area contributed by atoms with Crippen molar-refractivity contribution in [2.45, 2.75) is 44.2 Å². The first-order chi connectivity index (χ1) is 7.27. The summed E-state index contributed by atoms with van der Waals surface area (Å²) in [6, 6.07) is 1.31. The highest BCUT2D eigenvalue weighted by Gasteiger charge is 2.23. The van der Waals surface area contributed by atoms with E-state index < -0.39 is 0 Å². The summed E-state index contributed by atoms with van der Waals surface area (Å²) >= 11 is 7.50. The molecule has 1 heterocycles. The van der Waals surface area contributed by atoms with Crippen LogP contribution in [0.25, 0.3) is 0 Å². The van der Waals surface area contributed by atoms with E-state index in [1.165, 1.54) is 43.6 Å². The summed E-state index contributed by atoms with van der Waals surface area (Å²) in [7, 11) is 2.14. The number of thiocarbonyl (C=S) groups is 1. The van der Waals surface area contributed by atoms with Gasteiger partial charge in [-0.3, -0.25) is 0 Å². The largest absolute Gasteiger partial charge is 0.360 e. The van der Waals surface area contributed by atoms with Crippen LogP contribution >= 0.6 is 24.0 Å². The highest BCUT2D eigenvalue weighted by molar-refractivity contribution is 7.99. The predicted molar refractivity (Wildman–Crippen MR) is 71.5 cm³/mol. The number of nitrogens with zero attached hydrogens (tertiary/aromatic N) is 1. The summed E-state index contributed by atoms with van der Waals surface area (Å²) in [5, 5.41) is 4.47. The zero-order valence-corrected chi connectivity index (χ0v) is 11.0. The minimum atomic E-state index is 0.647. The van der Waals surface area contributed by atoms with Gasteiger partial charge in [-0.05, 0) is 37.2 Å². The second kappa shape index (κ2) is 5.39. The molecule has 1 aliphatic carbocycles. The number of hydrogen-bond donors (Lipinski definition) is 1. The van der Waals surface area contributed by atoms with Gasteiger partial charge in [-0.15, -0.1) is 0 Å². The third-order valence-electron chi connectivity index (χ3n) is 3.46. The zero-order chi connectivity index (χ0) is 10.7. The van der Waals surface area contributed by atoms with Crippen LogP contribution < -0.4 is 5.32 Å². The quantitative estimate of drug-likeness (QED) is 0.749. The fraction of sp³-hybridized carbons (Fsp3) is 0.909. The van der Waals surface area contributed by atoms with Gasteiger partial charge < -0.3 is 10.2 Å². The Labute approximate surface area is 102 Å².